The molecule has 0 saturated carbocycles. The molecule has 0 aliphatic heterocycles. The SMILES string of the molecule is C=CCn1c(SCC(=O)NC(=O)NCc2ccco2)nnc1-c1ccoc1C. The number of thioether (sulfide) groups is 1. The van der Waals surface area contributed by atoms with E-state index in [9.17, 15) is 9.59 Å². The Morgan fingerprint density at radius 3 is 2.82 bits per heavy atom. The highest BCUT2D eigenvalue weighted by molar-refractivity contribution is 7.99. The fourth-order valence-electron chi connectivity index (χ4n) is 2.42. The summed E-state index contributed by atoms with van der Waals surface area (Å²) in [6.07, 6.45) is 4.81. The Balaban J connectivity index is 1.57. The van der Waals surface area contributed by atoms with Crippen LogP contribution in [0.5, 0.6) is 0 Å². The van der Waals surface area contributed by atoms with Gasteiger partial charge in [-0.2, -0.15) is 0 Å². The quantitative estimate of drug-likeness (QED) is 0.440. The van der Waals surface area contributed by atoms with Gasteiger partial charge in [0.2, 0.25) is 5.91 Å². The van der Waals surface area contributed by atoms with E-state index in [2.05, 4.69) is 27.4 Å². The van der Waals surface area contributed by atoms with Crippen LogP contribution in [0.25, 0.3) is 11.4 Å². The van der Waals surface area contributed by atoms with E-state index in [1.807, 2.05) is 17.6 Å². The number of imide groups is 1. The molecule has 0 atom stereocenters. The van der Waals surface area contributed by atoms with E-state index in [0.29, 0.717) is 23.3 Å². The van der Waals surface area contributed by atoms with Gasteiger partial charge in [-0.1, -0.05) is 17.8 Å². The third-order valence-corrected chi connectivity index (χ3v) is 4.68. The number of rotatable bonds is 8. The Kier molecular flexibility index (Phi) is 6.33. The van der Waals surface area contributed by atoms with E-state index in [1.54, 1.807) is 24.5 Å². The largest absolute Gasteiger partial charge is 0.469 e. The fraction of sp³-hybridized carbons (Fsp3) is 0.222. The molecule has 0 aliphatic rings. The number of amides is 3. The van der Waals surface area contributed by atoms with Gasteiger partial charge in [0.15, 0.2) is 11.0 Å². The number of aryl methyl sites for hydroxylation is 1. The maximum atomic E-state index is 12.0. The highest BCUT2D eigenvalue weighted by atomic mass is 32.2. The van der Waals surface area contributed by atoms with E-state index < -0.39 is 11.9 Å². The lowest BCUT2D eigenvalue weighted by molar-refractivity contribution is -0.117. The monoisotopic (exact) mass is 401 g/mol. The van der Waals surface area contributed by atoms with Crippen LogP contribution in [0.15, 0.2) is 57.4 Å². The van der Waals surface area contributed by atoms with Crippen LogP contribution in [0.4, 0.5) is 4.79 Å². The van der Waals surface area contributed by atoms with Crippen molar-refractivity contribution in [1.82, 2.24) is 25.4 Å². The fourth-order valence-corrected chi connectivity index (χ4v) is 3.17. The van der Waals surface area contributed by atoms with E-state index >= 15 is 0 Å². The Morgan fingerprint density at radius 2 is 2.14 bits per heavy atom. The molecule has 3 rings (SSSR count). The first kappa shape index (κ1) is 19.5. The van der Waals surface area contributed by atoms with Gasteiger partial charge in [-0.05, 0) is 25.1 Å². The van der Waals surface area contributed by atoms with Gasteiger partial charge in [-0.15, -0.1) is 16.8 Å². The maximum absolute atomic E-state index is 12.0. The number of furan rings is 2. The van der Waals surface area contributed by atoms with Crippen molar-refractivity contribution in [2.24, 2.45) is 0 Å². The van der Waals surface area contributed by atoms with E-state index in [0.717, 1.165) is 11.3 Å². The first-order valence-electron chi connectivity index (χ1n) is 8.40. The average Bonchev–Trinajstić information content (AvgIpc) is 3.40. The van der Waals surface area contributed by atoms with Gasteiger partial charge in [0, 0.05) is 6.54 Å². The predicted molar refractivity (Wildman–Crippen MR) is 102 cm³/mol. The zero-order chi connectivity index (χ0) is 19.9. The highest BCUT2D eigenvalue weighted by Gasteiger charge is 2.18. The lowest BCUT2D eigenvalue weighted by Crippen LogP contribution is -2.39. The summed E-state index contributed by atoms with van der Waals surface area (Å²) in [4.78, 5) is 23.8. The molecule has 3 amide bonds. The van der Waals surface area contributed by atoms with Crippen LogP contribution < -0.4 is 10.6 Å². The second kappa shape index (κ2) is 9.09. The van der Waals surface area contributed by atoms with Gasteiger partial charge in [-0.25, -0.2) is 4.79 Å². The molecule has 3 heterocycles. The van der Waals surface area contributed by atoms with Gasteiger partial charge < -0.3 is 14.2 Å². The number of hydrogen-bond acceptors (Lipinski definition) is 7. The first-order chi connectivity index (χ1) is 13.6. The molecule has 146 valence electrons. The Hall–Kier alpha value is -3.27. The highest BCUT2D eigenvalue weighted by Crippen LogP contribution is 2.26. The van der Waals surface area contributed by atoms with Crippen molar-refractivity contribution in [3.05, 3.63) is 54.9 Å². The van der Waals surface area contributed by atoms with Crippen LogP contribution in [0, 0.1) is 6.92 Å². The standard InChI is InChI=1S/C18H19N5O4S/c1-3-7-23-16(14-6-9-26-12(14)2)21-22-18(23)28-11-15(24)20-17(25)19-10-13-5-4-8-27-13/h3-6,8-9H,1,7,10-11H2,2H3,(H2,19,20,24,25). The summed E-state index contributed by atoms with van der Waals surface area (Å²) in [6, 6.07) is 4.66. The molecular formula is C18H19N5O4S. The Labute approximate surface area is 165 Å². The topological polar surface area (TPSA) is 115 Å². The van der Waals surface area contributed by atoms with Crippen LogP contribution in [0.3, 0.4) is 0 Å². The molecule has 0 radical (unpaired) electrons. The van der Waals surface area contributed by atoms with Crippen LogP contribution in [-0.4, -0.2) is 32.5 Å². The summed E-state index contributed by atoms with van der Waals surface area (Å²) in [5.74, 6) is 1.51. The Bertz CT molecular complexity index is 961. The molecule has 9 nitrogen and oxygen atoms in total. The van der Waals surface area contributed by atoms with Gasteiger partial charge in [0.1, 0.15) is 11.5 Å². The summed E-state index contributed by atoms with van der Waals surface area (Å²) < 4.78 is 12.3. The van der Waals surface area contributed by atoms with E-state index in [-0.39, 0.29) is 12.3 Å². The summed E-state index contributed by atoms with van der Waals surface area (Å²) in [6.45, 7) is 6.25. The van der Waals surface area contributed by atoms with Gasteiger partial charge >= 0.3 is 6.03 Å². The normalized spacial score (nSPS) is 10.6. The van der Waals surface area contributed by atoms with Gasteiger partial charge in [-0.3, -0.25) is 14.7 Å². The molecule has 0 aliphatic carbocycles. The number of urea groups is 1. The van der Waals surface area contributed by atoms with Crippen molar-refractivity contribution in [3.63, 3.8) is 0 Å². The zero-order valence-corrected chi connectivity index (χ0v) is 16.0. The maximum Gasteiger partial charge on any atom is 0.321 e. The molecule has 3 aromatic heterocycles. The number of carbonyl (C=O) groups excluding carboxylic acids is 2. The lowest BCUT2D eigenvalue weighted by atomic mass is 10.2. The summed E-state index contributed by atoms with van der Waals surface area (Å²) in [5.41, 5.74) is 0.822. The van der Waals surface area contributed by atoms with E-state index in [4.69, 9.17) is 8.83 Å². The molecular weight excluding hydrogens is 382 g/mol. The molecule has 3 aromatic rings. The number of nitrogens with zero attached hydrogens (tertiary/aromatic N) is 3. The lowest BCUT2D eigenvalue weighted by Gasteiger charge is -2.08. The van der Waals surface area contributed by atoms with E-state index in [1.165, 1.54) is 18.0 Å². The molecule has 2 N–H and O–H groups in total. The molecule has 10 heteroatoms. The third-order valence-electron chi connectivity index (χ3n) is 3.72. The van der Waals surface area contributed by atoms with Crippen molar-refractivity contribution in [2.45, 2.75) is 25.2 Å². The molecule has 0 bridgehead atoms. The minimum atomic E-state index is -0.593. The van der Waals surface area contributed by atoms with Crippen LogP contribution >= 0.6 is 11.8 Å². The second-order valence-corrected chi connectivity index (χ2v) is 6.64. The van der Waals surface area contributed by atoms with Crippen LogP contribution in [0.1, 0.15) is 11.5 Å². The summed E-state index contributed by atoms with van der Waals surface area (Å²) in [5, 5.41) is 13.7. The van der Waals surface area contributed by atoms with Crippen LogP contribution in [-0.2, 0) is 17.9 Å². The Morgan fingerprint density at radius 1 is 1.29 bits per heavy atom. The average molecular weight is 401 g/mol. The van der Waals surface area contributed by atoms with Crippen LogP contribution in [0.2, 0.25) is 0 Å². The second-order valence-electron chi connectivity index (χ2n) is 5.69. The first-order valence-corrected chi connectivity index (χ1v) is 9.38. The number of carbonyl (C=O) groups is 2. The van der Waals surface area contributed by atoms with Crippen molar-refractivity contribution >= 4 is 23.7 Å². The molecule has 0 fully saturated rings. The summed E-state index contributed by atoms with van der Waals surface area (Å²) in [7, 11) is 0. The van der Waals surface area contributed by atoms with Gasteiger partial charge in [0.05, 0.1) is 30.4 Å². The zero-order valence-electron chi connectivity index (χ0n) is 15.2. The number of hydrogen-bond donors (Lipinski definition) is 2. The van der Waals surface area contributed by atoms with Crippen molar-refractivity contribution in [1.29, 1.82) is 0 Å². The molecule has 0 spiro atoms. The molecule has 0 unspecified atom stereocenters. The molecule has 0 saturated heterocycles. The molecule has 28 heavy (non-hydrogen) atoms. The van der Waals surface area contributed by atoms with Crippen molar-refractivity contribution < 1.29 is 18.4 Å². The number of allylic oxidation sites excluding steroid dienone is 1. The summed E-state index contributed by atoms with van der Waals surface area (Å²) >= 11 is 1.18. The van der Waals surface area contributed by atoms with Crippen molar-refractivity contribution in [3.8, 4) is 11.4 Å². The number of aromatic nitrogens is 3. The minimum absolute atomic E-state index is 0.00776. The minimum Gasteiger partial charge on any atom is -0.469 e. The third kappa shape index (κ3) is 4.71. The smallest absolute Gasteiger partial charge is 0.321 e. The predicted octanol–water partition coefficient (Wildman–Crippen LogP) is 2.74. The van der Waals surface area contributed by atoms with Gasteiger partial charge in [0.25, 0.3) is 0 Å². The van der Waals surface area contributed by atoms with Crippen molar-refractivity contribution in [2.75, 3.05) is 5.75 Å². The number of nitrogens with one attached hydrogen (secondary N) is 2. The molecule has 0 aromatic carbocycles.